The van der Waals surface area contributed by atoms with Crippen LogP contribution in [0.3, 0.4) is 0 Å². The molecular weight excluding hydrogens is 451 g/mol. The summed E-state index contributed by atoms with van der Waals surface area (Å²) in [5.74, 6) is -1.29. The fraction of sp³-hybridized carbons (Fsp3) is 0.529. The van der Waals surface area contributed by atoms with Gasteiger partial charge in [-0.05, 0) is 26.0 Å². The van der Waals surface area contributed by atoms with Gasteiger partial charge in [0.25, 0.3) is 0 Å². The summed E-state index contributed by atoms with van der Waals surface area (Å²) in [6.07, 6.45) is -6.01. The average Bonchev–Trinajstić information content (AvgIpc) is 2.60. The van der Waals surface area contributed by atoms with Gasteiger partial charge in [0.2, 0.25) is 21.8 Å². The van der Waals surface area contributed by atoms with Crippen LogP contribution in [0.1, 0.15) is 20.3 Å². The number of halogens is 4. The summed E-state index contributed by atoms with van der Waals surface area (Å²) in [7, 11) is -4.28. The van der Waals surface area contributed by atoms with Crippen molar-refractivity contribution in [3.8, 4) is 5.75 Å². The van der Waals surface area contributed by atoms with E-state index in [-0.39, 0.29) is 43.9 Å². The fourth-order valence-corrected chi connectivity index (χ4v) is 5.60. The van der Waals surface area contributed by atoms with Gasteiger partial charge in [-0.1, -0.05) is 11.6 Å². The highest BCUT2D eigenvalue weighted by atomic mass is 35.5. The lowest BCUT2D eigenvalue weighted by molar-refractivity contribution is -0.274. The molecule has 2 aliphatic rings. The van der Waals surface area contributed by atoms with Gasteiger partial charge in [-0.3, -0.25) is 9.59 Å². The molecule has 1 aromatic rings. The summed E-state index contributed by atoms with van der Waals surface area (Å²) in [6, 6.07) is 2.33. The van der Waals surface area contributed by atoms with E-state index in [0.29, 0.717) is 0 Å². The topological polar surface area (TPSA) is 87.2 Å². The molecule has 0 aliphatic carbocycles. The van der Waals surface area contributed by atoms with Crippen LogP contribution in [0, 0.1) is 0 Å². The van der Waals surface area contributed by atoms with E-state index in [9.17, 15) is 31.2 Å². The van der Waals surface area contributed by atoms with E-state index in [2.05, 4.69) is 4.74 Å². The van der Waals surface area contributed by atoms with Crippen LogP contribution >= 0.6 is 11.6 Å². The number of hydrogen-bond acceptors (Lipinski definition) is 5. The zero-order chi connectivity index (χ0) is 22.4. The third-order valence-corrected chi connectivity index (χ3v) is 7.27. The standard InChI is InChI=1S/C17H19ClF3N3O5S/c1-10(2)22-8-14-23(9-16(22)26)15(25)5-6-24(14)30(27,28)13-4-3-11(7-12(13)18)29-17(19,20)21/h3-4,7,10,14H,5-6,8-9H2,1-2H3. The molecule has 0 saturated carbocycles. The van der Waals surface area contributed by atoms with E-state index in [0.717, 1.165) is 22.5 Å². The number of carbonyl (C=O) groups is 2. The molecule has 8 nitrogen and oxygen atoms in total. The smallest absolute Gasteiger partial charge is 0.406 e. The molecule has 2 saturated heterocycles. The second-order valence-corrected chi connectivity index (χ2v) is 9.41. The largest absolute Gasteiger partial charge is 0.573 e. The molecule has 1 aromatic carbocycles. The third kappa shape index (κ3) is 4.35. The number of rotatable bonds is 4. The van der Waals surface area contributed by atoms with Crippen molar-refractivity contribution < 1.29 is 35.9 Å². The number of carbonyl (C=O) groups excluding carboxylic acids is 2. The van der Waals surface area contributed by atoms with Crippen LogP contribution in [0.4, 0.5) is 13.2 Å². The van der Waals surface area contributed by atoms with Crippen LogP contribution in [0.15, 0.2) is 23.1 Å². The lowest BCUT2D eigenvalue weighted by Crippen LogP contribution is -2.68. The highest BCUT2D eigenvalue weighted by Gasteiger charge is 2.46. The number of nitrogens with zero attached hydrogens (tertiary/aromatic N) is 3. The van der Waals surface area contributed by atoms with Crippen LogP contribution in [-0.2, 0) is 19.6 Å². The van der Waals surface area contributed by atoms with Gasteiger partial charge >= 0.3 is 6.36 Å². The van der Waals surface area contributed by atoms with Gasteiger partial charge in [0.15, 0.2) is 0 Å². The first-order valence-corrected chi connectivity index (χ1v) is 10.8. The molecule has 1 unspecified atom stereocenters. The van der Waals surface area contributed by atoms with E-state index in [1.54, 1.807) is 13.8 Å². The van der Waals surface area contributed by atoms with Crippen molar-refractivity contribution in [1.29, 1.82) is 0 Å². The van der Waals surface area contributed by atoms with Gasteiger partial charge in [0.05, 0.1) is 11.6 Å². The van der Waals surface area contributed by atoms with Crippen molar-refractivity contribution in [2.75, 3.05) is 19.6 Å². The van der Waals surface area contributed by atoms with Gasteiger partial charge < -0.3 is 14.5 Å². The molecule has 3 rings (SSSR count). The zero-order valence-corrected chi connectivity index (χ0v) is 17.6. The lowest BCUT2D eigenvalue weighted by Gasteiger charge is -2.48. The molecule has 30 heavy (non-hydrogen) atoms. The number of benzene rings is 1. The summed E-state index contributed by atoms with van der Waals surface area (Å²) in [4.78, 5) is 26.9. The number of amides is 2. The lowest BCUT2D eigenvalue weighted by atomic mass is 10.1. The van der Waals surface area contributed by atoms with Gasteiger partial charge in [-0.25, -0.2) is 8.42 Å². The third-order valence-electron chi connectivity index (χ3n) is 4.89. The number of fused-ring (bicyclic) bond motifs is 1. The van der Waals surface area contributed by atoms with E-state index in [1.807, 2.05) is 0 Å². The van der Waals surface area contributed by atoms with Crippen molar-refractivity contribution in [1.82, 2.24) is 14.1 Å². The van der Waals surface area contributed by atoms with Gasteiger partial charge in [-0.2, -0.15) is 4.31 Å². The molecule has 166 valence electrons. The Bertz CT molecular complexity index is 970. The Morgan fingerprint density at radius 2 is 1.87 bits per heavy atom. The summed E-state index contributed by atoms with van der Waals surface area (Å²) in [5.41, 5.74) is 0. The van der Waals surface area contributed by atoms with Crippen LogP contribution < -0.4 is 4.74 Å². The molecule has 0 aromatic heterocycles. The Labute approximate surface area is 176 Å². The van der Waals surface area contributed by atoms with Crippen LogP contribution in [0.25, 0.3) is 0 Å². The molecule has 2 aliphatic heterocycles. The predicted octanol–water partition coefficient (Wildman–Crippen LogP) is 2.04. The minimum Gasteiger partial charge on any atom is -0.406 e. The van der Waals surface area contributed by atoms with Gasteiger partial charge in [-0.15, -0.1) is 13.2 Å². The first-order chi connectivity index (χ1) is 13.8. The molecule has 0 spiro atoms. The summed E-state index contributed by atoms with van der Waals surface area (Å²) in [5, 5.41) is -0.451. The first-order valence-electron chi connectivity index (χ1n) is 8.97. The second-order valence-electron chi connectivity index (χ2n) is 7.15. The minimum atomic E-state index is -4.95. The predicted molar refractivity (Wildman–Crippen MR) is 99.0 cm³/mol. The highest BCUT2D eigenvalue weighted by Crippen LogP contribution is 2.34. The second kappa shape index (κ2) is 7.89. The summed E-state index contributed by atoms with van der Waals surface area (Å²) >= 11 is 5.97. The maximum Gasteiger partial charge on any atom is 0.573 e. The van der Waals surface area contributed by atoms with Crippen molar-refractivity contribution in [2.45, 2.75) is 43.7 Å². The van der Waals surface area contributed by atoms with E-state index in [4.69, 9.17) is 11.6 Å². The first kappa shape index (κ1) is 22.6. The Balaban J connectivity index is 1.95. The van der Waals surface area contributed by atoms with Crippen LogP contribution in [-0.4, -0.2) is 72.5 Å². The minimum absolute atomic E-state index is 0.0195. The maximum absolute atomic E-state index is 13.3. The molecule has 13 heteroatoms. The highest BCUT2D eigenvalue weighted by molar-refractivity contribution is 7.89. The molecule has 2 amide bonds. The van der Waals surface area contributed by atoms with Crippen molar-refractivity contribution in [2.24, 2.45) is 0 Å². The zero-order valence-electron chi connectivity index (χ0n) is 16.0. The van der Waals surface area contributed by atoms with E-state index >= 15 is 0 Å². The van der Waals surface area contributed by atoms with Gasteiger partial charge in [0.1, 0.15) is 23.4 Å². The molecule has 0 bridgehead atoms. The molecular formula is C17H19ClF3N3O5S. The number of piperazine rings is 1. The number of sulfonamides is 1. The summed E-state index contributed by atoms with van der Waals surface area (Å²) in [6.45, 7) is 3.13. The maximum atomic E-state index is 13.3. The molecule has 0 radical (unpaired) electrons. The quantitative estimate of drug-likeness (QED) is 0.673. The molecule has 0 N–H and O–H groups in total. The SMILES string of the molecule is CC(C)N1CC2N(CC1=O)C(=O)CCN2S(=O)(=O)c1ccc(OC(F)(F)F)cc1Cl. The number of alkyl halides is 3. The van der Waals surface area contributed by atoms with E-state index in [1.165, 1.54) is 9.80 Å². The Morgan fingerprint density at radius 3 is 2.43 bits per heavy atom. The summed E-state index contributed by atoms with van der Waals surface area (Å²) < 4.78 is 68.5. The van der Waals surface area contributed by atoms with Gasteiger partial charge in [0, 0.05) is 25.1 Å². The van der Waals surface area contributed by atoms with Crippen LogP contribution in [0.2, 0.25) is 5.02 Å². The fourth-order valence-electron chi connectivity index (χ4n) is 3.51. The normalized spacial score (nSPS) is 21.2. The van der Waals surface area contributed by atoms with Crippen molar-refractivity contribution >= 4 is 33.4 Å². The average molecular weight is 470 g/mol. The Kier molecular flexibility index (Phi) is 5.95. The molecule has 2 heterocycles. The van der Waals surface area contributed by atoms with Crippen molar-refractivity contribution in [3.05, 3.63) is 23.2 Å². The molecule has 1 atom stereocenters. The van der Waals surface area contributed by atoms with Crippen molar-refractivity contribution in [3.63, 3.8) is 0 Å². The van der Waals surface area contributed by atoms with Crippen LogP contribution in [0.5, 0.6) is 5.75 Å². The van der Waals surface area contributed by atoms with E-state index < -0.39 is 38.2 Å². The number of hydrogen-bond donors (Lipinski definition) is 0. The Morgan fingerprint density at radius 1 is 1.20 bits per heavy atom. The number of ether oxygens (including phenoxy) is 1. The molecule has 2 fully saturated rings. The Hall–Kier alpha value is -2.05. The monoisotopic (exact) mass is 469 g/mol.